The minimum atomic E-state index is -4.31. The van der Waals surface area contributed by atoms with E-state index in [0.717, 1.165) is 67.8 Å². The Kier molecular flexibility index (Phi) is 7.54. The van der Waals surface area contributed by atoms with Gasteiger partial charge in [-0.3, -0.25) is 14.6 Å². The van der Waals surface area contributed by atoms with Crippen molar-refractivity contribution in [2.75, 3.05) is 32.7 Å². The van der Waals surface area contributed by atoms with Crippen LogP contribution in [0.5, 0.6) is 0 Å². The fourth-order valence-electron chi connectivity index (χ4n) is 5.91. The van der Waals surface area contributed by atoms with Crippen LogP contribution in [0.4, 0.5) is 13.2 Å². The van der Waals surface area contributed by atoms with Crippen molar-refractivity contribution in [1.82, 2.24) is 14.7 Å². The molecule has 0 aromatic heterocycles. The van der Waals surface area contributed by atoms with E-state index in [9.17, 15) is 18.0 Å². The molecule has 0 bridgehead atoms. The predicted molar refractivity (Wildman–Crippen MR) is 137 cm³/mol. The molecule has 2 heterocycles. The third-order valence-corrected chi connectivity index (χ3v) is 8.40. The number of likely N-dealkylation sites (tertiary alicyclic amines) is 1. The fourth-order valence-corrected chi connectivity index (χ4v) is 5.91. The average molecular weight is 502 g/mol. The number of carbonyl (C=O) groups excluding carboxylic acids is 1. The van der Waals surface area contributed by atoms with Gasteiger partial charge in [0.25, 0.3) is 5.91 Å². The summed E-state index contributed by atoms with van der Waals surface area (Å²) in [5.74, 6) is 0.123. The Hall–Kier alpha value is -2.38. The predicted octanol–water partition coefficient (Wildman–Crippen LogP) is 6.08. The quantitative estimate of drug-likeness (QED) is 0.508. The summed E-state index contributed by atoms with van der Waals surface area (Å²) in [6.45, 7) is 14.8. The number of aryl methyl sites for hydroxylation is 2. The summed E-state index contributed by atoms with van der Waals surface area (Å²) in [4.78, 5) is 20.1. The van der Waals surface area contributed by atoms with E-state index in [1.165, 1.54) is 12.1 Å². The molecule has 1 amide bonds. The zero-order valence-electron chi connectivity index (χ0n) is 22.0. The van der Waals surface area contributed by atoms with Gasteiger partial charge >= 0.3 is 6.18 Å². The molecule has 4 nitrogen and oxygen atoms in total. The molecule has 2 atom stereocenters. The lowest BCUT2D eigenvalue weighted by molar-refractivity contribution is -0.137. The SMILES string of the molecule is Cc1ccc(C(=O)N2CCC(C)(N3CCN(C(C)c4ccc(C(F)(F)F)cc4)C(C)C3)CC2)c(C)c1. The molecule has 7 heteroatoms. The number of alkyl halides is 3. The van der Waals surface area contributed by atoms with E-state index < -0.39 is 11.7 Å². The number of benzene rings is 2. The lowest BCUT2D eigenvalue weighted by Crippen LogP contribution is -2.62. The zero-order valence-corrected chi connectivity index (χ0v) is 22.0. The highest BCUT2D eigenvalue weighted by atomic mass is 19.4. The topological polar surface area (TPSA) is 26.8 Å². The Morgan fingerprint density at radius 3 is 2.19 bits per heavy atom. The molecule has 2 unspecified atom stereocenters. The third-order valence-electron chi connectivity index (χ3n) is 8.40. The number of hydrogen-bond acceptors (Lipinski definition) is 3. The molecular formula is C29H38F3N3O. The number of halogens is 3. The summed E-state index contributed by atoms with van der Waals surface area (Å²) in [5.41, 5.74) is 3.33. The summed E-state index contributed by atoms with van der Waals surface area (Å²) < 4.78 is 38.8. The highest BCUT2D eigenvalue weighted by Crippen LogP contribution is 2.35. The standard InChI is InChI=1S/C29H38F3N3O/c1-20-6-11-26(21(2)18-20)27(36)33-14-12-28(5,13-15-33)34-16-17-35(22(3)19-34)23(4)24-7-9-25(10-8-24)29(30,31)32/h6-11,18,22-23H,12-17,19H2,1-5H3. The highest BCUT2D eigenvalue weighted by molar-refractivity contribution is 5.95. The van der Waals surface area contributed by atoms with Gasteiger partial charge in [0.1, 0.15) is 0 Å². The number of amides is 1. The molecule has 2 aliphatic rings. The average Bonchev–Trinajstić information content (AvgIpc) is 2.83. The minimum absolute atomic E-state index is 0.0387. The highest BCUT2D eigenvalue weighted by Gasteiger charge is 2.41. The number of piperidine rings is 1. The first-order valence-electron chi connectivity index (χ1n) is 12.9. The molecular weight excluding hydrogens is 463 g/mol. The summed E-state index contributed by atoms with van der Waals surface area (Å²) in [7, 11) is 0. The van der Waals surface area contributed by atoms with Crippen LogP contribution in [0, 0.1) is 13.8 Å². The molecule has 2 saturated heterocycles. The van der Waals surface area contributed by atoms with E-state index in [1.807, 2.05) is 30.9 Å². The number of rotatable bonds is 4. The second-order valence-electron chi connectivity index (χ2n) is 10.9. The van der Waals surface area contributed by atoms with Crippen molar-refractivity contribution in [1.29, 1.82) is 0 Å². The van der Waals surface area contributed by atoms with Gasteiger partial charge in [-0.2, -0.15) is 13.2 Å². The monoisotopic (exact) mass is 501 g/mol. The maximum Gasteiger partial charge on any atom is 0.416 e. The van der Waals surface area contributed by atoms with Crippen LogP contribution in [-0.2, 0) is 6.18 Å². The molecule has 2 aliphatic heterocycles. The molecule has 2 fully saturated rings. The first kappa shape index (κ1) is 26.7. The number of nitrogens with zero attached hydrogens (tertiary/aromatic N) is 3. The Bertz CT molecular complexity index is 1070. The van der Waals surface area contributed by atoms with Crippen LogP contribution >= 0.6 is 0 Å². The molecule has 0 radical (unpaired) electrons. The number of piperazine rings is 1. The molecule has 0 spiro atoms. The van der Waals surface area contributed by atoms with Crippen molar-refractivity contribution in [2.24, 2.45) is 0 Å². The van der Waals surface area contributed by atoms with Gasteiger partial charge in [0.15, 0.2) is 0 Å². The molecule has 2 aromatic rings. The van der Waals surface area contributed by atoms with Crippen LogP contribution in [-0.4, -0.2) is 64.9 Å². The number of carbonyl (C=O) groups is 1. The van der Waals surface area contributed by atoms with Gasteiger partial charge < -0.3 is 4.90 Å². The van der Waals surface area contributed by atoms with Gasteiger partial charge in [0.2, 0.25) is 0 Å². The zero-order chi connectivity index (χ0) is 26.3. The Morgan fingerprint density at radius 2 is 1.64 bits per heavy atom. The van der Waals surface area contributed by atoms with Gasteiger partial charge in [-0.25, -0.2) is 0 Å². The minimum Gasteiger partial charge on any atom is -0.339 e. The summed E-state index contributed by atoms with van der Waals surface area (Å²) in [5, 5.41) is 0. The Morgan fingerprint density at radius 1 is 1.00 bits per heavy atom. The summed E-state index contributed by atoms with van der Waals surface area (Å²) in [6.07, 6.45) is -2.44. The van der Waals surface area contributed by atoms with Crippen molar-refractivity contribution in [2.45, 2.75) is 71.3 Å². The van der Waals surface area contributed by atoms with Crippen molar-refractivity contribution >= 4 is 5.91 Å². The maximum atomic E-state index is 13.1. The van der Waals surface area contributed by atoms with Crippen LogP contribution < -0.4 is 0 Å². The third kappa shape index (κ3) is 5.47. The van der Waals surface area contributed by atoms with Crippen molar-refractivity contribution in [3.05, 3.63) is 70.3 Å². The van der Waals surface area contributed by atoms with Gasteiger partial charge in [-0.05, 0) is 76.8 Å². The second-order valence-corrected chi connectivity index (χ2v) is 10.9. The first-order chi connectivity index (χ1) is 16.9. The lowest BCUT2D eigenvalue weighted by atomic mass is 9.86. The van der Waals surface area contributed by atoms with Gasteiger partial charge in [0, 0.05) is 55.9 Å². The molecule has 0 saturated carbocycles. The fraction of sp³-hybridized carbons (Fsp3) is 0.552. The van der Waals surface area contributed by atoms with Crippen LogP contribution in [0.2, 0.25) is 0 Å². The van der Waals surface area contributed by atoms with E-state index in [-0.39, 0.29) is 23.5 Å². The maximum absolute atomic E-state index is 13.1. The lowest BCUT2D eigenvalue weighted by Gasteiger charge is -2.52. The van der Waals surface area contributed by atoms with Crippen molar-refractivity contribution in [3.63, 3.8) is 0 Å². The Labute approximate surface area is 213 Å². The van der Waals surface area contributed by atoms with Crippen LogP contribution in [0.15, 0.2) is 42.5 Å². The summed E-state index contributed by atoms with van der Waals surface area (Å²) >= 11 is 0. The molecule has 196 valence electrons. The van der Waals surface area contributed by atoms with Crippen LogP contribution in [0.1, 0.15) is 72.3 Å². The van der Waals surface area contributed by atoms with E-state index in [0.29, 0.717) is 0 Å². The van der Waals surface area contributed by atoms with Crippen LogP contribution in [0.25, 0.3) is 0 Å². The molecule has 36 heavy (non-hydrogen) atoms. The molecule has 0 N–H and O–H groups in total. The van der Waals surface area contributed by atoms with E-state index in [2.05, 4.69) is 36.6 Å². The smallest absolute Gasteiger partial charge is 0.339 e. The molecule has 4 rings (SSSR count). The van der Waals surface area contributed by atoms with Gasteiger partial charge in [0.05, 0.1) is 5.56 Å². The first-order valence-corrected chi connectivity index (χ1v) is 12.9. The van der Waals surface area contributed by atoms with Crippen molar-refractivity contribution < 1.29 is 18.0 Å². The van der Waals surface area contributed by atoms with E-state index >= 15 is 0 Å². The number of hydrogen-bond donors (Lipinski definition) is 0. The van der Waals surface area contributed by atoms with E-state index in [4.69, 9.17) is 0 Å². The second kappa shape index (κ2) is 10.2. The summed E-state index contributed by atoms with van der Waals surface area (Å²) in [6, 6.07) is 11.9. The van der Waals surface area contributed by atoms with Gasteiger partial charge in [-0.15, -0.1) is 0 Å². The van der Waals surface area contributed by atoms with Crippen LogP contribution in [0.3, 0.4) is 0 Å². The molecule has 2 aromatic carbocycles. The largest absolute Gasteiger partial charge is 0.416 e. The Balaban J connectivity index is 1.35. The van der Waals surface area contributed by atoms with Gasteiger partial charge in [-0.1, -0.05) is 29.8 Å². The van der Waals surface area contributed by atoms with Crippen molar-refractivity contribution in [3.8, 4) is 0 Å². The van der Waals surface area contributed by atoms with E-state index in [1.54, 1.807) is 12.1 Å². The normalized spacial score (nSPS) is 22.4. The molecule has 0 aliphatic carbocycles.